The Morgan fingerprint density at radius 3 is 1.58 bits per heavy atom. The van der Waals surface area contributed by atoms with Crippen LogP contribution in [0, 0.1) is 58.0 Å². The SMILES string of the molecule is CC(=O)C=C(C)O.CC(=O)C=C(C)O.CC1(C)c2ccc[c-]c2-c2nccc3cccc1c23.Cc1ccc(-c2[c-]cccc2)nc1.Cc1ccc2c(c1)c1cccc3c1c1n2c(-c2c(C)cccc2C)c[n+]1C3.FC(F)(F)c1c[c-]c(-c2ccc3ccccc3n2)cc1.[Ir].[Ir].[Ir].[Ir].[c-]1ccccc1-c1cc(N(c2ccccc2)c2ccccc2)ccn1.[c-]1ccccc1-c1nccc2ccccc12. The van der Waals surface area contributed by atoms with E-state index < -0.39 is 11.7 Å². The van der Waals surface area contributed by atoms with Gasteiger partial charge in [0.2, 0.25) is 0 Å². The van der Waals surface area contributed by atoms with Gasteiger partial charge in [0.05, 0.1) is 22.4 Å². The Morgan fingerprint density at radius 1 is 0.442 bits per heavy atom. The number of alkyl halides is 3. The molecule has 8 heterocycles. The minimum atomic E-state index is -4.34. The minimum absolute atomic E-state index is 0. The van der Waals surface area contributed by atoms with Crippen molar-refractivity contribution < 1.29 is 118 Å². The summed E-state index contributed by atoms with van der Waals surface area (Å²) in [5.74, 6) is -0.125. The Morgan fingerprint density at radius 2 is 0.978 bits per heavy atom. The summed E-state index contributed by atoms with van der Waals surface area (Å²) >= 11 is 0. The molecule has 1 aliphatic carbocycles. The second-order valence-electron chi connectivity index (χ2n) is 33.1. The van der Waals surface area contributed by atoms with Gasteiger partial charge in [0.1, 0.15) is 18.3 Å². The summed E-state index contributed by atoms with van der Waals surface area (Å²) in [6.07, 6.45) is 7.80. The van der Waals surface area contributed by atoms with Gasteiger partial charge in [0.25, 0.3) is 5.65 Å². The average molecular weight is 2530 g/mol. The van der Waals surface area contributed by atoms with Gasteiger partial charge in [-0.2, -0.15) is 17.6 Å². The zero-order valence-corrected chi connectivity index (χ0v) is 86.9. The molecule has 0 unspecified atom stereocenters. The second kappa shape index (κ2) is 48.3. The maximum absolute atomic E-state index is 12.5. The molecule has 19 heteroatoms. The number of aryl methyl sites for hydroxylation is 4. The van der Waals surface area contributed by atoms with E-state index >= 15 is 0 Å². The van der Waals surface area contributed by atoms with Crippen LogP contribution in [0.15, 0.2) is 394 Å². The molecule has 13 aromatic carbocycles. The van der Waals surface area contributed by atoms with E-state index in [-0.39, 0.29) is 109 Å². The van der Waals surface area contributed by atoms with E-state index in [2.05, 4.69) is 274 Å². The van der Waals surface area contributed by atoms with Gasteiger partial charge in [-0.25, -0.2) is 4.57 Å². The average Bonchev–Trinajstić information content (AvgIpc) is 1.56. The number of aromatic nitrogens is 7. The zero-order chi connectivity index (χ0) is 94.0. The molecule has 698 valence electrons. The van der Waals surface area contributed by atoms with Gasteiger partial charge in [-0.1, -0.05) is 189 Å². The molecule has 0 fully saturated rings. The summed E-state index contributed by atoms with van der Waals surface area (Å²) in [6, 6.07) is 128. The molecule has 12 nitrogen and oxygen atoms in total. The molecule has 0 amide bonds. The summed E-state index contributed by atoms with van der Waals surface area (Å²) in [7, 11) is 0. The molecule has 0 atom stereocenters. The van der Waals surface area contributed by atoms with Crippen molar-refractivity contribution in [3.63, 3.8) is 0 Å². The number of rotatable bonds is 10. The van der Waals surface area contributed by atoms with E-state index in [0.29, 0.717) is 11.3 Å². The van der Waals surface area contributed by atoms with Crippen LogP contribution in [0.5, 0.6) is 0 Å². The van der Waals surface area contributed by atoms with Crippen LogP contribution in [-0.4, -0.2) is 51.1 Å². The molecule has 2 N–H and O–H groups in total. The fourth-order valence-electron chi connectivity index (χ4n) is 16.7. The third-order valence-electron chi connectivity index (χ3n) is 22.8. The first kappa shape index (κ1) is 105. The molecule has 22 rings (SSSR count). The van der Waals surface area contributed by atoms with Crippen LogP contribution in [0.25, 0.3) is 127 Å². The van der Waals surface area contributed by atoms with E-state index in [9.17, 15) is 22.8 Å². The third-order valence-corrected chi connectivity index (χ3v) is 22.8. The van der Waals surface area contributed by atoms with Gasteiger partial charge in [-0.3, -0.25) is 14.6 Å². The molecule has 138 heavy (non-hydrogen) atoms. The van der Waals surface area contributed by atoms with Crippen LogP contribution in [-0.2, 0) is 108 Å². The topological polar surface area (TPSA) is 151 Å². The number of benzene rings is 13. The van der Waals surface area contributed by atoms with Crippen LogP contribution < -0.4 is 9.47 Å². The van der Waals surface area contributed by atoms with Crippen LogP contribution in [0.2, 0.25) is 0 Å². The van der Waals surface area contributed by atoms with Gasteiger partial charge in [0, 0.05) is 156 Å². The van der Waals surface area contributed by atoms with E-state index in [0.717, 1.165) is 91.7 Å². The van der Waals surface area contributed by atoms with E-state index in [4.69, 9.17) is 10.2 Å². The summed E-state index contributed by atoms with van der Waals surface area (Å²) < 4.78 is 42.4. The largest absolute Gasteiger partial charge is 0.512 e. The Balaban J connectivity index is 0.000000155. The second-order valence-corrected chi connectivity index (χ2v) is 33.1. The Hall–Kier alpha value is -13.8. The number of fused-ring (bicyclic) bond motifs is 7. The third kappa shape index (κ3) is 25.1. The fraction of sp³-hybridized carbons (Fsp3) is 0.109. The van der Waals surface area contributed by atoms with Crippen molar-refractivity contribution in [2.45, 2.75) is 87.4 Å². The predicted octanol–water partition coefficient (Wildman–Crippen LogP) is 29.2. The molecule has 0 bridgehead atoms. The van der Waals surface area contributed by atoms with Crippen molar-refractivity contribution in [2.75, 3.05) is 4.90 Å². The zero-order valence-electron chi connectivity index (χ0n) is 77.3. The number of allylic oxidation sites excluding steroid dienone is 4. The number of anilines is 3. The molecule has 1 aliphatic heterocycles. The smallest absolute Gasteiger partial charge is 0.381 e. The fourth-order valence-corrected chi connectivity index (χ4v) is 16.7. The normalized spacial score (nSPS) is 11.5. The molecule has 7 aromatic heterocycles. The van der Waals surface area contributed by atoms with Crippen LogP contribution in [0.3, 0.4) is 0 Å². The number of aliphatic hydroxyl groups excluding tert-OH is 2. The first-order valence-corrected chi connectivity index (χ1v) is 43.9. The van der Waals surface area contributed by atoms with Gasteiger partial charge in [0.15, 0.2) is 17.3 Å². The number of hydrogen-bond donors (Lipinski definition) is 2. The Labute approximate surface area is 857 Å². The molecule has 4 radical (unpaired) electrons. The van der Waals surface area contributed by atoms with Crippen molar-refractivity contribution in [1.82, 2.24) is 29.3 Å². The number of carbonyl (C=O) groups is 2. The predicted molar refractivity (Wildman–Crippen MR) is 537 cm³/mol. The van der Waals surface area contributed by atoms with Crippen LogP contribution >= 0.6 is 0 Å². The summed E-state index contributed by atoms with van der Waals surface area (Å²) in [5, 5.41) is 26.8. The van der Waals surface area contributed by atoms with Gasteiger partial charge in [-0.15, -0.1) is 173 Å². The number of hydrogen-bond acceptors (Lipinski definition) is 10. The van der Waals surface area contributed by atoms with Crippen molar-refractivity contribution in [2.24, 2.45) is 0 Å². The Bertz CT molecular complexity index is 7540. The van der Waals surface area contributed by atoms with Crippen LogP contribution in [0.4, 0.5) is 30.2 Å². The van der Waals surface area contributed by atoms with E-state index in [1.54, 1.807) is 6.07 Å². The summed E-state index contributed by atoms with van der Waals surface area (Å²) in [6.45, 7) is 19.9. The minimum Gasteiger partial charge on any atom is -0.512 e. The first-order valence-electron chi connectivity index (χ1n) is 43.9. The monoisotopic (exact) mass is 2530 g/mol. The molecule has 0 saturated carbocycles. The molecular weight excluding hydrogens is 2430 g/mol. The molecule has 0 spiro atoms. The quantitative estimate of drug-likeness (QED) is 0.0445. The summed E-state index contributed by atoms with van der Waals surface area (Å²) in [4.78, 5) is 44.6. The number of pyridine rings is 6. The van der Waals surface area contributed by atoms with Crippen molar-refractivity contribution in [3.8, 4) is 67.5 Å². The van der Waals surface area contributed by atoms with Gasteiger partial charge < -0.3 is 35.0 Å². The number of aliphatic hydroxyl groups is 2. The Kier molecular flexibility index (Phi) is 36.6. The molecule has 20 aromatic rings. The molecular formula is C119H97F3Ir4N8O4-4. The number of imidazole rings is 1. The number of halogens is 3. The number of nitrogens with zero attached hydrogens (tertiary/aromatic N) is 8. The van der Waals surface area contributed by atoms with Crippen molar-refractivity contribution >= 4 is 88.4 Å². The van der Waals surface area contributed by atoms with Crippen molar-refractivity contribution in [3.05, 3.63) is 469 Å². The van der Waals surface area contributed by atoms with E-state index in [1.165, 1.54) is 145 Å². The maximum atomic E-state index is 12.5. The number of para-hydroxylation sites is 3. The standard InChI is InChI=1S/C25H21N2.C23H17N2.C18H14N.C16H9F3N.C15H10N.C12H10N.2C5H8O2.4Ir/c1-15-10-11-21-20(12-15)19-9-5-8-18-13-26-14-22(27(21)25(26)24(18)19)23-16(2)6-4-7-17(23)3;1-4-10-19(11-5-1)23-18-22(16-17-24-23)25(20-12-6-2-7-13-20)21-14-8-3-9-15-21;1-18(2)14-8-4-3-7-13(14)17-16-12(10-11-19-17)6-5-9-15(16)18;17-16(18,19)13-8-5-12(6-9-13)15-10-7-11-3-1-2-4-14(11)20-15;1-2-7-13(8-3-1)15-14-9-5-4-6-12(14)10-11-16-15;1-10-7-8-12(13-9-10)11-5-3-2-4-6-11;2*1-4(6)3-5(2)7;;;;/h4-12,14H,13H2,1-3H3;1-10,12-18H;3-6,8-11H,1-2H3;1-5,7-10H;1-7,9-11H;2-5,7-9H,1H3;2*3,6H,1-2H3;;;;/q+1;5*-1;;;;;;. The van der Waals surface area contributed by atoms with Crippen LogP contribution in [0.1, 0.15) is 86.1 Å². The molecule has 0 saturated heterocycles. The van der Waals surface area contributed by atoms with Gasteiger partial charge in [-0.05, 0) is 205 Å². The first-order chi connectivity index (χ1) is 64.8. The maximum Gasteiger partial charge on any atom is 0.381 e. The van der Waals surface area contributed by atoms with Crippen molar-refractivity contribution in [1.29, 1.82) is 0 Å². The number of carbonyl (C=O) groups excluding carboxylic acids is 2. The molecule has 2 aliphatic rings. The van der Waals surface area contributed by atoms with E-state index in [1.807, 2.05) is 183 Å². The summed E-state index contributed by atoms with van der Waals surface area (Å²) in [5.41, 5.74) is 27.3. The van der Waals surface area contributed by atoms with Gasteiger partial charge >= 0.3 is 6.18 Å². The number of ketones is 2.